The number of carbonyl (C=O) groups excluding carboxylic acids is 1. The Bertz CT molecular complexity index is 675. The average molecular weight is 301 g/mol. The first kappa shape index (κ1) is 14.3. The van der Waals surface area contributed by atoms with Gasteiger partial charge in [-0.05, 0) is 25.1 Å². The van der Waals surface area contributed by atoms with E-state index in [0.29, 0.717) is 5.69 Å². The summed E-state index contributed by atoms with van der Waals surface area (Å²) in [6.07, 6.45) is 0.991. The van der Waals surface area contributed by atoms with Crippen LogP contribution in [-0.2, 0) is 6.54 Å². The fourth-order valence-electron chi connectivity index (χ4n) is 2.44. The number of amides is 2. The number of hydrogen-bond donors (Lipinski definition) is 2. The third-order valence-corrected chi connectivity index (χ3v) is 3.54. The van der Waals surface area contributed by atoms with Gasteiger partial charge in [-0.3, -0.25) is 4.98 Å². The molecule has 6 heteroatoms. The van der Waals surface area contributed by atoms with Gasteiger partial charge in [0.1, 0.15) is 17.7 Å². The Hall–Kier alpha value is -2.63. The molecule has 0 bridgehead atoms. The summed E-state index contributed by atoms with van der Waals surface area (Å²) in [5.41, 5.74) is 1.55. The van der Waals surface area contributed by atoms with E-state index in [0.717, 1.165) is 17.5 Å². The minimum atomic E-state index is -0.401. The second-order valence-electron chi connectivity index (χ2n) is 5.13. The van der Waals surface area contributed by atoms with Crippen LogP contribution in [0.2, 0.25) is 0 Å². The number of halogens is 1. The molecule has 2 aromatic rings. The van der Waals surface area contributed by atoms with Gasteiger partial charge in [-0.1, -0.05) is 18.2 Å². The molecule has 2 amide bonds. The van der Waals surface area contributed by atoms with Crippen molar-refractivity contribution >= 4 is 6.03 Å². The highest BCUT2D eigenvalue weighted by molar-refractivity contribution is 5.74. The second-order valence-corrected chi connectivity index (χ2v) is 5.13. The summed E-state index contributed by atoms with van der Waals surface area (Å²) in [6.45, 7) is 2.14. The lowest BCUT2D eigenvalue weighted by Crippen LogP contribution is -2.40. The molecule has 114 valence electrons. The maximum Gasteiger partial charge on any atom is 0.315 e. The molecule has 0 aliphatic carbocycles. The topological polar surface area (TPSA) is 63.2 Å². The number of para-hydroxylation sites is 1. The minimum absolute atomic E-state index is 0.132. The van der Waals surface area contributed by atoms with Crippen LogP contribution in [-0.4, -0.2) is 17.1 Å². The van der Waals surface area contributed by atoms with Crippen molar-refractivity contribution in [3.8, 4) is 5.75 Å². The first-order valence-corrected chi connectivity index (χ1v) is 7.04. The van der Waals surface area contributed by atoms with Crippen LogP contribution >= 0.6 is 0 Å². The lowest BCUT2D eigenvalue weighted by Gasteiger charge is -2.17. The van der Waals surface area contributed by atoms with E-state index < -0.39 is 5.82 Å². The van der Waals surface area contributed by atoms with E-state index in [1.165, 1.54) is 12.1 Å². The third-order valence-electron chi connectivity index (χ3n) is 3.54. The van der Waals surface area contributed by atoms with Crippen molar-refractivity contribution in [3.05, 3.63) is 59.7 Å². The highest BCUT2D eigenvalue weighted by atomic mass is 19.1. The average Bonchev–Trinajstić information content (AvgIpc) is 2.83. The number of hydrogen-bond acceptors (Lipinski definition) is 3. The molecule has 0 radical (unpaired) electrons. The van der Waals surface area contributed by atoms with Crippen molar-refractivity contribution in [2.24, 2.45) is 0 Å². The van der Waals surface area contributed by atoms with Gasteiger partial charge in [-0.15, -0.1) is 0 Å². The lowest BCUT2D eigenvalue weighted by molar-refractivity contribution is 0.199. The van der Waals surface area contributed by atoms with Crippen LogP contribution < -0.4 is 15.4 Å². The highest BCUT2D eigenvalue weighted by Gasteiger charge is 2.31. The number of nitrogens with zero attached hydrogens (tertiary/aromatic N) is 1. The van der Waals surface area contributed by atoms with Crippen molar-refractivity contribution in [1.29, 1.82) is 0 Å². The number of aromatic nitrogens is 1. The molecular weight excluding hydrogens is 285 g/mol. The van der Waals surface area contributed by atoms with Crippen LogP contribution in [0.15, 0.2) is 42.6 Å². The quantitative estimate of drug-likeness (QED) is 0.915. The van der Waals surface area contributed by atoms with E-state index in [9.17, 15) is 9.18 Å². The predicted octanol–water partition coefficient (Wildman–Crippen LogP) is 2.54. The standard InChI is InChI=1S/C16H16FN3O2/c1-10-15(13-4-2-3-5-14(13)22-10)20-16(21)19-9-12-7-6-11(17)8-18-12/h2-8,10,15H,9H2,1H3,(H2,19,20,21). The van der Waals surface area contributed by atoms with E-state index in [2.05, 4.69) is 15.6 Å². The summed E-state index contributed by atoms with van der Waals surface area (Å²) in [7, 11) is 0. The number of ether oxygens (including phenoxy) is 1. The van der Waals surface area contributed by atoms with E-state index in [4.69, 9.17) is 4.74 Å². The third kappa shape index (κ3) is 3.00. The summed E-state index contributed by atoms with van der Waals surface area (Å²) in [4.78, 5) is 15.9. The van der Waals surface area contributed by atoms with Crippen LogP contribution in [0.4, 0.5) is 9.18 Å². The number of benzene rings is 1. The number of pyridine rings is 1. The Kier molecular flexibility index (Phi) is 3.91. The van der Waals surface area contributed by atoms with E-state index in [1.54, 1.807) is 0 Å². The largest absolute Gasteiger partial charge is 0.488 e. The predicted molar refractivity (Wildman–Crippen MR) is 78.8 cm³/mol. The maximum atomic E-state index is 12.8. The molecule has 3 rings (SSSR count). The molecule has 5 nitrogen and oxygen atoms in total. The lowest BCUT2D eigenvalue weighted by atomic mass is 10.1. The molecule has 0 saturated heterocycles. The summed E-state index contributed by atoms with van der Waals surface area (Å²) in [6, 6.07) is 9.96. The first-order chi connectivity index (χ1) is 10.6. The molecule has 2 atom stereocenters. The normalized spacial score (nSPS) is 19.2. The molecule has 1 aromatic heterocycles. The van der Waals surface area contributed by atoms with Gasteiger partial charge < -0.3 is 15.4 Å². The van der Waals surface area contributed by atoms with Crippen LogP contribution in [0.1, 0.15) is 24.2 Å². The van der Waals surface area contributed by atoms with E-state index >= 15 is 0 Å². The van der Waals surface area contributed by atoms with Gasteiger partial charge in [-0.2, -0.15) is 0 Å². The zero-order valence-electron chi connectivity index (χ0n) is 12.0. The number of urea groups is 1. The number of nitrogens with one attached hydrogen (secondary N) is 2. The number of carbonyl (C=O) groups is 1. The van der Waals surface area contributed by atoms with Gasteiger partial charge in [0.2, 0.25) is 0 Å². The molecule has 0 fully saturated rings. The molecule has 1 aromatic carbocycles. The Labute approximate surface area is 127 Å². The van der Waals surface area contributed by atoms with Crippen molar-refractivity contribution in [2.45, 2.75) is 25.6 Å². The molecule has 22 heavy (non-hydrogen) atoms. The molecular formula is C16H16FN3O2. The Morgan fingerprint density at radius 3 is 2.91 bits per heavy atom. The maximum absolute atomic E-state index is 12.8. The highest BCUT2D eigenvalue weighted by Crippen LogP contribution is 2.35. The Morgan fingerprint density at radius 2 is 2.14 bits per heavy atom. The van der Waals surface area contributed by atoms with Crippen molar-refractivity contribution < 1.29 is 13.9 Å². The second kappa shape index (κ2) is 6.01. The summed E-state index contributed by atoms with van der Waals surface area (Å²) in [5.74, 6) is 0.391. The van der Waals surface area contributed by atoms with Crippen LogP contribution in [0, 0.1) is 5.82 Å². The molecule has 2 heterocycles. The number of fused-ring (bicyclic) bond motifs is 1. The summed E-state index contributed by atoms with van der Waals surface area (Å²) >= 11 is 0. The molecule has 1 aliphatic heterocycles. The summed E-state index contributed by atoms with van der Waals surface area (Å²) in [5, 5.41) is 5.60. The van der Waals surface area contributed by atoms with Crippen LogP contribution in [0.3, 0.4) is 0 Å². The Balaban J connectivity index is 1.59. The van der Waals surface area contributed by atoms with Gasteiger partial charge >= 0.3 is 6.03 Å². The van der Waals surface area contributed by atoms with Gasteiger partial charge in [0, 0.05) is 5.56 Å². The zero-order chi connectivity index (χ0) is 15.5. The molecule has 1 aliphatic rings. The molecule has 2 N–H and O–H groups in total. The number of rotatable bonds is 3. The van der Waals surface area contributed by atoms with Crippen LogP contribution in [0.5, 0.6) is 5.75 Å². The van der Waals surface area contributed by atoms with Crippen LogP contribution in [0.25, 0.3) is 0 Å². The van der Waals surface area contributed by atoms with Gasteiger partial charge in [0.25, 0.3) is 0 Å². The van der Waals surface area contributed by atoms with Gasteiger partial charge in [0.05, 0.1) is 24.5 Å². The monoisotopic (exact) mass is 301 g/mol. The smallest absolute Gasteiger partial charge is 0.315 e. The first-order valence-electron chi connectivity index (χ1n) is 7.04. The van der Waals surface area contributed by atoms with Crippen molar-refractivity contribution in [1.82, 2.24) is 15.6 Å². The minimum Gasteiger partial charge on any atom is -0.488 e. The molecule has 0 spiro atoms. The van der Waals surface area contributed by atoms with Gasteiger partial charge in [0.15, 0.2) is 0 Å². The van der Waals surface area contributed by atoms with Crippen molar-refractivity contribution in [2.75, 3.05) is 0 Å². The van der Waals surface area contributed by atoms with Gasteiger partial charge in [-0.25, -0.2) is 9.18 Å². The van der Waals surface area contributed by atoms with E-state index in [1.807, 2.05) is 31.2 Å². The van der Waals surface area contributed by atoms with Crippen molar-refractivity contribution in [3.63, 3.8) is 0 Å². The van der Waals surface area contributed by atoms with E-state index in [-0.39, 0.29) is 24.7 Å². The fraction of sp³-hybridized carbons (Fsp3) is 0.250. The fourth-order valence-corrected chi connectivity index (χ4v) is 2.44. The molecule has 0 saturated carbocycles. The SMILES string of the molecule is CC1Oc2ccccc2C1NC(=O)NCc1ccc(F)cn1. The zero-order valence-corrected chi connectivity index (χ0v) is 12.0. The molecule has 2 unspecified atom stereocenters. The summed E-state index contributed by atoms with van der Waals surface area (Å²) < 4.78 is 18.5. The Morgan fingerprint density at radius 1 is 1.32 bits per heavy atom.